The molecule has 1 heterocycles. The number of nitrogens with one attached hydrogen (secondary N) is 1. The number of amides is 1. The second-order valence-electron chi connectivity index (χ2n) is 5.78. The Morgan fingerprint density at radius 2 is 2.07 bits per heavy atom. The topological polar surface area (TPSA) is 41.5 Å². The van der Waals surface area contributed by atoms with E-state index in [1.165, 1.54) is 18.6 Å². The highest BCUT2D eigenvalue weighted by molar-refractivity contribution is 5.96. The maximum absolute atomic E-state index is 11.9. The Kier molecular flexibility index (Phi) is 2.57. The molecule has 1 saturated carbocycles. The maximum atomic E-state index is 11.9. The summed E-state index contributed by atoms with van der Waals surface area (Å²) in [5, 5.41) is 4.21. The molecule has 84 valence electrons. The van der Waals surface area contributed by atoms with Crippen LogP contribution in [0.2, 0.25) is 0 Å². The number of carbonyl (C=O) groups is 1. The first-order valence-corrected chi connectivity index (χ1v) is 5.86. The van der Waals surface area contributed by atoms with E-state index in [0.717, 1.165) is 12.8 Å². The zero-order valence-corrected chi connectivity index (χ0v) is 9.84. The number of fused-ring (bicyclic) bond motifs is 1. The quantitative estimate of drug-likeness (QED) is 0.652. The van der Waals surface area contributed by atoms with Gasteiger partial charge in [0.2, 0.25) is 5.91 Å². The summed E-state index contributed by atoms with van der Waals surface area (Å²) in [6, 6.07) is 0. The van der Waals surface area contributed by atoms with Crippen molar-refractivity contribution in [1.29, 1.82) is 0 Å². The van der Waals surface area contributed by atoms with Crippen LogP contribution in [0.1, 0.15) is 46.5 Å². The van der Waals surface area contributed by atoms with Crippen LogP contribution in [0.15, 0.2) is 5.10 Å². The van der Waals surface area contributed by atoms with Crippen molar-refractivity contribution in [2.24, 2.45) is 22.4 Å². The van der Waals surface area contributed by atoms with E-state index in [-0.39, 0.29) is 17.2 Å². The van der Waals surface area contributed by atoms with Crippen molar-refractivity contribution in [2.45, 2.75) is 46.5 Å². The summed E-state index contributed by atoms with van der Waals surface area (Å²) in [5.41, 5.74) is 3.94. The average molecular weight is 208 g/mol. The molecule has 2 unspecified atom stereocenters. The minimum absolute atomic E-state index is 0.0350. The third kappa shape index (κ3) is 1.92. The monoisotopic (exact) mass is 208 g/mol. The van der Waals surface area contributed by atoms with E-state index >= 15 is 0 Å². The Morgan fingerprint density at radius 1 is 1.33 bits per heavy atom. The fourth-order valence-corrected chi connectivity index (χ4v) is 2.90. The molecule has 0 saturated heterocycles. The normalized spacial score (nSPS) is 31.7. The standard InChI is InChI=1S/C12H20N2O/c1-12(2,3)10-8-6-4-5-7-9(8)13-14-11(10)15/h8,10H,4-7H2,1-3H3,(H,14,15). The van der Waals surface area contributed by atoms with Crippen LogP contribution in [0.4, 0.5) is 0 Å². The molecule has 2 rings (SSSR count). The molecule has 1 aliphatic heterocycles. The number of rotatable bonds is 0. The van der Waals surface area contributed by atoms with E-state index in [9.17, 15) is 4.79 Å². The summed E-state index contributed by atoms with van der Waals surface area (Å²) in [4.78, 5) is 11.9. The van der Waals surface area contributed by atoms with Gasteiger partial charge in [-0.1, -0.05) is 27.2 Å². The molecule has 0 radical (unpaired) electrons. The fraction of sp³-hybridized carbons (Fsp3) is 0.833. The second-order valence-corrected chi connectivity index (χ2v) is 5.78. The van der Waals surface area contributed by atoms with Crippen molar-refractivity contribution < 1.29 is 4.79 Å². The Bertz CT molecular complexity index is 301. The summed E-state index contributed by atoms with van der Waals surface area (Å²) in [6.07, 6.45) is 4.66. The van der Waals surface area contributed by atoms with Crippen LogP contribution < -0.4 is 5.43 Å². The van der Waals surface area contributed by atoms with Crippen molar-refractivity contribution in [3.8, 4) is 0 Å². The molecule has 0 spiro atoms. The number of nitrogens with zero attached hydrogens (tertiary/aromatic N) is 1. The summed E-state index contributed by atoms with van der Waals surface area (Å²) < 4.78 is 0. The predicted molar refractivity (Wildman–Crippen MR) is 60.5 cm³/mol. The van der Waals surface area contributed by atoms with Crippen LogP contribution in [0.5, 0.6) is 0 Å². The number of hydrogen-bond donors (Lipinski definition) is 1. The van der Waals surface area contributed by atoms with Crippen LogP contribution in [-0.4, -0.2) is 11.6 Å². The van der Waals surface area contributed by atoms with Crippen LogP contribution in [0, 0.1) is 17.3 Å². The average Bonchev–Trinajstić information content (AvgIpc) is 2.15. The molecule has 0 aromatic rings. The zero-order valence-electron chi connectivity index (χ0n) is 9.84. The highest BCUT2D eigenvalue weighted by Crippen LogP contribution is 2.40. The highest BCUT2D eigenvalue weighted by atomic mass is 16.2. The van der Waals surface area contributed by atoms with Crippen molar-refractivity contribution in [3.63, 3.8) is 0 Å². The third-order valence-corrected chi connectivity index (χ3v) is 3.55. The molecule has 0 aromatic heterocycles. The van der Waals surface area contributed by atoms with Gasteiger partial charge in [0.1, 0.15) is 0 Å². The molecule has 0 aromatic carbocycles. The van der Waals surface area contributed by atoms with Gasteiger partial charge in [-0.2, -0.15) is 5.10 Å². The molecule has 15 heavy (non-hydrogen) atoms. The molecule has 2 atom stereocenters. The van der Waals surface area contributed by atoms with Crippen LogP contribution in [-0.2, 0) is 4.79 Å². The molecule has 2 aliphatic rings. The minimum Gasteiger partial charge on any atom is -0.273 e. The van der Waals surface area contributed by atoms with Crippen LogP contribution >= 0.6 is 0 Å². The fourth-order valence-electron chi connectivity index (χ4n) is 2.90. The molecule has 1 amide bonds. The Hall–Kier alpha value is -0.860. The van der Waals surface area contributed by atoms with Crippen molar-refractivity contribution >= 4 is 11.6 Å². The maximum Gasteiger partial charge on any atom is 0.244 e. The van der Waals surface area contributed by atoms with Gasteiger partial charge in [0, 0.05) is 11.6 Å². The molecule has 1 fully saturated rings. The summed E-state index contributed by atoms with van der Waals surface area (Å²) >= 11 is 0. The van der Waals surface area contributed by atoms with E-state index in [1.807, 2.05) is 0 Å². The smallest absolute Gasteiger partial charge is 0.244 e. The number of carbonyl (C=O) groups excluding carboxylic acids is 1. The lowest BCUT2D eigenvalue weighted by atomic mass is 9.66. The van der Waals surface area contributed by atoms with Gasteiger partial charge in [0.15, 0.2) is 0 Å². The number of hydrogen-bond acceptors (Lipinski definition) is 2. The van der Waals surface area contributed by atoms with E-state index in [4.69, 9.17) is 0 Å². The van der Waals surface area contributed by atoms with Crippen molar-refractivity contribution in [2.75, 3.05) is 0 Å². The largest absolute Gasteiger partial charge is 0.273 e. The van der Waals surface area contributed by atoms with Crippen LogP contribution in [0.3, 0.4) is 0 Å². The lowest BCUT2D eigenvalue weighted by Crippen LogP contribution is -2.48. The number of hydrazone groups is 1. The molecule has 3 heteroatoms. The third-order valence-electron chi connectivity index (χ3n) is 3.55. The van der Waals surface area contributed by atoms with E-state index < -0.39 is 0 Å². The second kappa shape index (κ2) is 3.62. The van der Waals surface area contributed by atoms with Crippen LogP contribution in [0.25, 0.3) is 0 Å². The molecule has 3 nitrogen and oxygen atoms in total. The molecule has 0 bridgehead atoms. The summed E-state index contributed by atoms with van der Waals surface area (Å²) in [6.45, 7) is 6.44. The zero-order chi connectivity index (χ0) is 11.1. The first kappa shape index (κ1) is 10.7. The van der Waals surface area contributed by atoms with Gasteiger partial charge in [-0.3, -0.25) is 4.79 Å². The lowest BCUT2D eigenvalue weighted by molar-refractivity contribution is -0.130. The summed E-state index contributed by atoms with van der Waals surface area (Å²) in [7, 11) is 0. The lowest BCUT2D eigenvalue weighted by Gasteiger charge is -2.40. The van der Waals surface area contributed by atoms with Crippen molar-refractivity contribution in [1.82, 2.24) is 5.43 Å². The minimum atomic E-state index is 0.0350. The van der Waals surface area contributed by atoms with Gasteiger partial charge in [0.25, 0.3) is 0 Å². The van der Waals surface area contributed by atoms with Gasteiger partial charge >= 0.3 is 0 Å². The highest BCUT2D eigenvalue weighted by Gasteiger charge is 2.43. The van der Waals surface area contributed by atoms with E-state index in [1.54, 1.807) is 0 Å². The molecule has 1 aliphatic carbocycles. The van der Waals surface area contributed by atoms with Gasteiger partial charge in [-0.15, -0.1) is 0 Å². The first-order chi connectivity index (χ1) is 7.00. The van der Waals surface area contributed by atoms with Gasteiger partial charge in [-0.05, 0) is 24.7 Å². The summed E-state index contributed by atoms with van der Waals surface area (Å²) in [5.74, 6) is 0.607. The van der Waals surface area contributed by atoms with Gasteiger partial charge in [0.05, 0.1) is 5.92 Å². The predicted octanol–water partition coefficient (Wildman–Crippen LogP) is 2.32. The van der Waals surface area contributed by atoms with Gasteiger partial charge in [-0.25, -0.2) is 5.43 Å². The Balaban J connectivity index is 2.29. The van der Waals surface area contributed by atoms with E-state index in [2.05, 4.69) is 31.3 Å². The molecular weight excluding hydrogens is 188 g/mol. The van der Waals surface area contributed by atoms with Gasteiger partial charge < -0.3 is 0 Å². The first-order valence-electron chi connectivity index (χ1n) is 5.86. The Morgan fingerprint density at radius 3 is 2.73 bits per heavy atom. The SMILES string of the molecule is CC(C)(C)C1C(=O)NN=C2CCCCC21. The molecule has 1 N–H and O–H groups in total. The van der Waals surface area contributed by atoms with E-state index in [0.29, 0.717) is 5.92 Å². The Labute approximate surface area is 91.3 Å². The van der Waals surface area contributed by atoms with Crippen molar-refractivity contribution in [3.05, 3.63) is 0 Å². The molecular formula is C12H20N2O.